The summed E-state index contributed by atoms with van der Waals surface area (Å²) in [6.45, 7) is 1.75. The largest absolute Gasteiger partial charge is 0.506 e. The Bertz CT molecular complexity index is 403. The predicted octanol–water partition coefficient (Wildman–Crippen LogP) is 3.60. The van der Waals surface area contributed by atoms with E-state index in [4.69, 9.17) is 0 Å². The van der Waals surface area contributed by atoms with Crippen molar-refractivity contribution in [2.75, 3.05) is 6.54 Å². The standard InChI is InChI=1S/C14H18BrNO/c15-13-8-4-7-12(14(13)17)10-16-9-11-5-2-1-3-6-11/h1-2,4,7-8,11,16-17H,3,5-6,9-10H2. The summed E-state index contributed by atoms with van der Waals surface area (Å²) >= 11 is 3.33. The molecule has 1 aromatic rings. The van der Waals surface area contributed by atoms with Gasteiger partial charge in [0.05, 0.1) is 4.47 Å². The van der Waals surface area contributed by atoms with Gasteiger partial charge in [0.15, 0.2) is 0 Å². The predicted molar refractivity (Wildman–Crippen MR) is 74.0 cm³/mol. The second-order valence-electron chi connectivity index (χ2n) is 4.53. The molecule has 2 N–H and O–H groups in total. The third-order valence-corrected chi connectivity index (χ3v) is 3.84. The summed E-state index contributed by atoms with van der Waals surface area (Å²) in [5.41, 5.74) is 0.950. The van der Waals surface area contributed by atoms with Gasteiger partial charge in [0, 0.05) is 12.1 Å². The molecule has 0 saturated heterocycles. The first kappa shape index (κ1) is 12.7. The minimum atomic E-state index is 0.350. The van der Waals surface area contributed by atoms with E-state index in [1.54, 1.807) is 0 Å². The van der Waals surface area contributed by atoms with Crippen LogP contribution < -0.4 is 5.32 Å². The zero-order valence-corrected chi connectivity index (χ0v) is 11.4. The molecule has 0 heterocycles. The van der Waals surface area contributed by atoms with Crippen LogP contribution in [0.5, 0.6) is 5.75 Å². The molecule has 17 heavy (non-hydrogen) atoms. The summed E-state index contributed by atoms with van der Waals surface area (Å²) in [5, 5.41) is 13.3. The summed E-state index contributed by atoms with van der Waals surface area (Å²) in [4.78, 5) is 0. The van der Waals surface area contributed by atoms with Crippen molar-refractivity contribution in [3.63, 3.8) is 0 Å². The molecule has 0 saturated carbocycles. The van der Waals surface area contributed by atoms with Crippen molar-refractivity contribution >= 4 is 15.9 Å². The fourth-order valence-electron chi connectivity index (χ4n) is 2.16. The van der Waals surface area contributed by atoms with Crippen molar-refractivity contribution in [1.82, 2.24) is 5.32 Å². The second kappa shape index (κ2) is 6.22. The molecule has 0 amide bonds. The molecule has 3 heteroatoms. The molecule has 1 aromatic carbocycles. The highest BCUT2D eigenvalue weighted by molar-refractivity contribution is 9.10. The maximum Gasteiger partial charge on any atom is 0.134 e. The Morgan fingerprint density at radius 2 is 2.24 bits per heavy atom. The molecule has 0 aromatic heterocycles. The van der Waals surface area contributed by atoms with Crippen LogP contribution >= 0.6 is 15.9 Å². The van der Waals surface area contributed by atoms with E-state index in [1.807, 2.05) is 18.2 Å². The first-order valence-electron chi connectivity index (χ1n) is 6.09. The summed E-state index contributed by atoms with van der Waals surface area (Å²) in [7, 11) is 0. The highest BCUT2D eigenvalue weighted by Gasteiger charge is 2.10. The number of allylic oxidation sites excluding steroid dienone is 2. The monoisotopic (exact) mass is 295 g/mol. The van der Waals surface area contributed by atoms with Gasteiger partial charge in [-0.05, 0) is 53.7 Å². The average molecular weight is 296 g/mol. The normalized spacial score (nSPS) is 19.5. The third kappa shape index (κ3) is 3.58. The number of rotatable bonds is 4. The fourth-order valence-corrected chi connectivity index (χ4v) is 2.56. The van der Waals surface area contributed by atoms with Crippen LogP contribution in [-0.2, 0) is 6.54 Å². The fraction of sp³-hybridized carbons (Fsp3) is 0.429. The summed E-state index contributed by atoms with van der Waals surface area (Å²) in [6.07, 6.45) is 8.18. The minimum absolute atomic E-state index is 0.350. The molecule has 0 bridgehead atoms. The number of para-hydroxylation sites is 1. The molecular formula is C14H18BrNO. The van der Waals surface area contributed by atoms with Crippen molar-refractivity contribution in [2.24, 2.45) is 5.92 Å². The van der Waals surface area contributed by atoms with E-state index in [2.05, 4.69) is 33.4 Å². The highest BCUT2D eigenvalue weighted by atomic mass is 79.9. The van der Waals surface area contributed by atoms with Crippen molar-refractivity contribution in [3.8, 4) is 5.75 Å². The Balaban J connectivity index is 1.81. The summed E-state index contributed by atoms with van der Waals surface area (Å²) < 4.78 is 0.761. The number of aromatic hydroxyl groups is 1. The number of benzene rings is 1. The smallest absolute Gasteiger partial charge is 0.134 e. The Kier molecular flexibility index (Phi) is 4.63. The Morgan fingerprint density at radius 3 is 3.00 bits per heavy atom. The van der Waals surface area contributed by atoms with Gasteiger partial charge in [0.25, 0.3) is 0 Å². The van der Waals surface area contributed by atoms with Crippen molar-refractivity contribution in [1.29, 1.82) is 0 Å². The van der Waals surface area contributed by atoms with Crippen LogP contribution in [0, 0.1) is 5.92 Å². The average Bonchev–Trinajstić information content (AvgIpc) is 2.36. The number of hydrogen-bond donors (Lipinski definition) is 2. The van der Waals surface area contributed by atoms with E-state index < -0.39 is 0 Å². The number of halogens is 1. The number of nitrogens with one attached hydrogen (secondary N) is 1. The number of phenols is 1. The molecular weight excluding hydrogens is 278 g/mol. The van der Waals surface area contributed by atoms with Crippen LogP contribution in [-0.4, -0.2) is 11.7 Å². The van der Waals surface area contributed by atoms with Gasteiger partial charge in [-0.25, -0.2) is 0 Å². The van der Waals surface area contributed by atoms with Crippen molar-refractivity contribution in [2.45, 2.75) is 25.8 Å². The molecule has 0 radical (unpaired) electrons. The van der Waals surface area contributed by atoms with Crippen LogP contribution in [0.4, 0.5) is 0 Å². The molecule has 92 valence electrons. The second-order valence-corrected chi connectivity index (χ2v) is 5.38. The van der Waals surface area contributed by atoms with Gasteiger partial charge in [-0.2, -0.15) is 0 Å². The quantitative estimate of drug-likeness (QED) is 0.832. The summed E-state index contributed by atoms with van der Waals surface area (Å²) in [5.74, 6) is 1.10. The van der Waals surface area contributed by atoms with E-state index >= 15 is 0 Å². The van der Waals surface area contributed by atoms with Crippen LogP contribution in [0.15, 0.2) is 34.8 Å². The van der Waals surface area contributed by atoms with Crippen molar-refractivity contribution < 1.29 is 5.11 Å². The lowest BCUT2D eigenvalue weighted by atomic mass is 9.94. The minimum Gasteiger partial charge on any atom is -0.506 e. The molecule has 0 fully saturated rings. The van der Waals surface area contributed by atoms with E-state index in [1.165, 1.54) is 19.3 Å². The third-order valence-electron chi connectivity index (χ3n) is 3.20. The van der Waals surface area contributed by atoms with Gasteiger partial charge in [-0.3, -0.25) is 0 Å². The molecule has 0 aliphatic heterocycles. The lowest BCUT2D eigenvalue weighted by molar-refractivity contribution is 0.430. The molecule has 1 aliphatic rings. The van der Waals surface area contributed by atoms with Gasteiger partial charge in [-0.1, -0.05) is 24.3 Å². The van der Waals surface area contributed by atoms with E-state index in [9.17, 15) is 5.11 Å². The van der Waals surface area contributed by atoms with Gasteiger partial charge in [0.2, 0.25) is 0 Å². The topological polar surface area (TPSA) is 32.3 Å². The first-order valence-corrected chi connectivity index (χ1v) is 6.88. The van der Waals surface area contributed by atoms with E-state index in [0.29, 0.717) is 5.75 Å². The van der Waals surface area contributed by atoms with Crippen LogP contribution in [0.1, 0.15) is 24.8 Å². The maximum atomic E-state index is 9.84. The van der Waals surface area contributed by atoms with Crippen molar-refractivity contribution in [3.05, 3.63) is 40.4 Å². The zero-order chi connectivity index (χ0) is 12.1. The van der Waals surface area contributed by atoms with Crippen LogP contribution in [0.25, 0.3) is 0 Å². The maximum absolute atomic E-state index is 9.84. The van der Waals surface area contributed by atoms with E-state index in [0.717, 1.165) is 29.0 Å². The number of phenolic OH excluding ortho intramolecular Hbond substituents is 1. The molecule has 1 atom stereocenters. The first-order chi connectivity index (χ1) is 8.27. The molecule has 1 unspecified atom stereocenters. The lowest BCUT2D eigenvalue weighted by Crippen LogP contribution is -2.23. The van der Waals surface area contributed by atoms with Crippen LogP contribution in [0.2, 0.25) is 0 Å². The summed E-state index contributed by atoms with van der Waals surface area (Å²) in [6, 6.07) is 5.75. The molecule has 2 rings (SSSR count). The molecule has 0 spiro atoms. The van der Waals surface area contributed by atoms with Gasteiger partial charge < -0.3 is 10.4 Å². The Labute approximate surface area is 111 Å². The van der Waals surface area contributed by atoms with Gasteiger partial charge in [0.1, 0.15) is 5.75 Å². The van der Waals surface area contributed by atoms with Gasteiger partial charge in [-0.15, -0.1) is 0 Å². The van der Waals surface area contributed by atoms with Crippen LogP contribution in [0.3, 0.4) is 0 Å². The highest BCUT2D eigenvalue weighted by Crippen LogP contribution is 2.27. The Morgan fingerprint density at radius 1 is 1.35 bits per heavy atom. The van der Waals surface area contributed by atoms with E-state index in [-0.39, 0.29) is 0 Å². The number of hydrogen-bond acceptors (Lipinski definition) is 2. The molecule has 1 aliphatic carbocycles. The SMILES string of the molecule is Oc1c(Br)cccc1CNCC1CC=CCC1. The van der Waals surface area contributed by atoms with Gasteiger partial charge >= 0.3 is 0 Å². The molecule has 2 nitrogen and oxygen atoms in total. The lowest BCUT2D eigenvalue weighted by Gasteiger charge is -2.18. The Hall–Kier alpha value is -0.800. The zero-order valence-electron chi connectivity index (χ0n) is 9.82.